The fourth-order valence-electron chi connectivity index (χ4n) is 1.38. The number of hydrogen-bond acceptors (Lipinski definition) is 2. The highest BCUT2D eigenvalue weighted by Crippen LogP contribution is 2.15. The van der Waals surface area contributed by atoms with Crippen LogP contribution in [0.25, 0.3) is 0 Å². The quantitative estimate of drug-likeness (QED) is 0.748. The molecule has 0 heterocycles. The van der Waals surface area contributed by atoms with Gasteiger partial charge in [-0.2, -0.15) is 0 Å². The summed E-state index contributed by atoms with van der Waals surface area (Å²) >= 11 is 0. The Balaban J connectivity index is 3.13. The molecule has 0 amide bonds. The highest BCUT2D eigenvalue weighted by atomic mass is 19.1. The molecule has 0 radical (unpaired) electrons. The summed E-state index contributed by atoms with van der Waals surface area (Å²) < 4.78 is 13.2. The highest BCUT2D eigenvalue weighted by molar-refractivity contribution is 5.77. The van der Waals surface area contributed by atoms with Crippen LogP contribution in [0.3, 0.4) is 0 Å². The molecule has 76 valence electrons. The maximum absolute atomic E-state index is 13.2. The van der Waals surface area contributed by atoms with Crippen LogP contribution < -0.4 is 5.73 Å². The van der Waals surface area contributed by atoms with E-state index in [2.05, 4.69) is 0 Å². The molecule has 0 fully saturated rings. The lowest BCUT2D eigenvalue weighted by atomic mass is 9.99. The smallest absolute Gasteiger partial charge is 0.150 e. The van der Waals surface area contributed by atoms with Gasteiger partial charge in [0.1, 0.15) is 12.1 Å². The molecule has 2 nitrogen and oxygen atoms in total. The summed E-state index contributed by atoms with van der Waals surface area (Å²) in [5, 5.41) is 0. The van der Waals surface area contributed by atoms with Crippen LogP contribution in [0, 0.1) is 12.7 Å². The van der Waals surface area contributed by atoms with Gasteiger partial charge >= 0.3 is 0 Å². The molecule has 0 spiro atoms. The van der Waals surface area contributed by atoms with Crippen molar-refractivity contribution in [3.63, 3.8) is 0 Å². The molecule has 0 aromatic heterocycles. The van der Waals surface area contributed by atoms with Crippen molar-refractivity contribution >= 4 is 6.29 Å². The lowest BCUT2D eigenvalue weighted by Crippen LogP contribution is -2.19. The van der Waals surface area contributed by atoms with Crippen molar-refractivity contribution in [1.82, 2.24) is 0 Å². The van der Waals surface area contributed by atoms with E-state index in [4.69, 9.17) is 5.73 Å². The predicted octanol–water partition coefficient (Wildman–Crippen LogP) is 1.84. The minimum Gasteiger partial charge on any atom is -0.328 e. The summed E-state index contributed by atoms with van der Waals surface area (Å²) in [6.07, 6.45) is 1.26. The van der Waals surface area contributed by atoms with Crippen molar-refractivity contribution in [2.75, 3.05) is 0 Å². The van der Waals surface area contributed by atoms with Gasteiger partial charge < -0.3 is 5.73 Å². The number of nitrogens with two attached hydrogens (primary N) is 1. The summed E-state index contributed by atoms with van der Waals surface area (Å²) in [7, 11) is 0. The Bertz CT molecular complexity index is 347. The molecule has 1 rings (SSSR count). The summed E-state index contributed by atoms with van der Waals surface area (Å²) in [5.41, 5.74) is 7.29. The summed E-state index contributed by atoms with van der Waals surface area (Å²) in [6, 6.07) is 2.87. The third-order valence-electron chi connectivity index (χ3n) is 2.09. The van der Waals surface area contributed by atoms with E-state index in [1.54, 1.807) is 13.0 Å². The SMILES string of the molecule is Cc1cc(C=O)c(CC(C)N)cc1F. The fraction of sp³-hybridized carbons (Fsp3) is 0.364. The molecule has 1 unspecified atom stereocenters. The van der Waals surface area contributed by atoms with Gasteiger partial charge in [0.2, 0.25) is 0 Å². The Morgan fingerprint density at radius 1 is 1.57 bits per heavy atom. The van der Waals surface area contributed by atoms with Crippen LogP contribution in [0.1, 0.15) is 28.4 Å². The Hall–Kier alpha value is -1.22. The third kappa shape index (κ3) is 2.39. The van der Waals surface area contributed by atoms with Gasteiger partial charge in [-0.05, 0) is 43.5 Å². The second-order valence-corrected chi connectivity index (χ2v) is 3.60. The molecule has 0 aliphatic heterocycles. The number of aldehydes is 1. The highest BCUT2D eigenvalue weighted by Gasteiger charge is 2.08. The molecule has 1 aromatic carbocycles. The lowest BCUT2D eigenvalue weighted by Gasteiger charge is -2.09. The summed E-state index contributed by atoms with van der Waals surface area (Å²) in [5.74, 6) is -0.286. The first kappa shape index (κ1) is 10.9. The molecule has 2 N–H and O–H groups in total. The first-order chi connectivity index (χ1) is 6.54. The Morgan fingerprint density at radius 2 is 2.21 bits per heavy atom. The Morgan fingerprint density at radius 3 is 2.71 bits per heavy atom. The summed E-state index contributed by atoms with van der Waals surface area (Å²) in [6.45, 7) is 3.46. The number of carbonyl (C=O) groups is 1. The number of hydrogen-bond donors (Lipinski definition) is 1. The lowest BCUT2D eigenvalue weighted by molar-refractivity contribution is 0.112. The van der Waals surface area contributed by atoms with Crippen LogP contribution >= 0.6 is 0 Å². The Labute approximate surface area is 82.9 Å². The van der Waals surface area contributed by atoms with E-state index in [1.807, 2.05) is 6.92 Å². The van der Waals surface area contributed by atoms with Crippen molar-refractivity contribution in [1.29, 1.82) is 0 Å². The van der Waals surface area contributed by atoms with Gasteiger partial charge in [-0.25, -0.2) is 4.39 Å². The van der Waals surface area contributed by atoms with E-state index in [9.17, 15) is 9.18 Å². The van der Waals surface area contributed by atoms with Gasteiger partial charge in [0.15, 0.2) is 0 Å². The number of benzene rings is 1. The minimum atomic E-state index is -0.286. The average Bonchev–Trinajstić information content (AvgIpc) is 2.10. The predicted molar refractivity (Wildman–Crippen MR) is 53.9 cm³/mol. The van der Waals surface area contributed by atoms with Crippen molar-refractivity contribution < 1.29 is 9.18 Å². The zero-order chi connectivity index (χ0) is 10.7. The van der Waals surface area contributed by atoms with Gasteiger partial charge in [-0.1, -0.05) is 0 Å². The monoisotopic (exact) mass is 195 g/mol. The van der Waals surface area contributed by atoms with E-state index in [1.165, 1.54) is 6.07 Å². The normalized spacial score (nSPS) is 12.6. The second-order valence-electron chi connectivity index (χ2n) is 3.60. The minimum absolute atomic E-state index is 0.0733. The fourth-order valence-corrected chi connectivity index (χ4v) is 1.38. The maximum Gasteiger partial charge on any atom is 0.150 e. The molecule has 1 atom stereocenters. The second kappa shape index (κ2) is 4.33. The number of carbonyl (C=O) groups excluding carboxylic acids is 1. The van der Waals surface area contributed by atoms with Gasteiger partial charge in [0.25, 0.3) is 0 Å². The van der Waals surface area contributed by atoms with Crippen LogP contribution in [-0.2, 0) is 6.42 Å². The van der Waals surface area contributed by atoms with E-state index in [0.29, 0.717) is 23.1 Å². The molecule has 0 aliphatic rings. The molecule has 0 aliphatic carbocycles. The van der Waals surface area contributed by atoms with Gasteiger partial charge in [-0.3, -0.25) is 4.79 Å². The standard InChI is InChI=1S/C11H14FNO/c1-7-3-10(6-14)9(4-8(2)13)5-11(7)12/h3,5-6,8H,4,13H2,1-2H3. The van der Waals surface area contributed by atoms with Crippen molar-refractivity contribution in [2.45, 2.75) is 26.3 Å². The number of rotatable bonds is 3. The van der Waals surface area contributed by atoms with Crippen LogP contribution in [0.2, 0.25) is 0 Å². The zero-order valence-electron chi connectivity index (χ0n) is 8.38. The number of halogens is 1. The largest absolute Gasteiger partial charge is 0.328 e. The van der Waals surface area contributed by atoms with Gasteiger partial charge in [0.05, 0.1) is 0 Å². The molecular weight excluding hydrogens is 181 g/mol. The van der Waals surface area contributed by atoms with E-state index >= 15 is 0 Å². The molecule has 14 heavy (non-hydrogen) atoms. The van der Waals surface area contributed by atoms with Gasteiger partial charge in [0, 0.05) is 11.6 Å². The molecule has 3 heteroatoms. The van der Waals surface area contributed by atoms with E-state index < -0.39 is 0 Å². The van der Waals surface area contributed by atoms with E-state index in [0.717, 1.165) is 6.29 Å². The molecule has 0 bridgehead atoms. The average molecular weight is 195 g/mol. The first-order valence-corrected chi connectivity index (χ1v) is 4.54. The molecule has 0 saturated carbocycles. The molecule has 0 saturated heterocycles. The van der Waals surface area contributed by atoms with Crippen LogP contribution in [-0.4, -0.2) is 12.3 Å². The van der Waals surface area contributed by atoms with Crippen molar-refractivity contribution in [2.24, 2.45) is 5.73 Å². The van der Waals surface area contributed by atoms with Crippen LogP contribution in [0.5, 0.6) is 0 Å². The van der Waals surface area contributed by atoms with Gasteiger partial charge in [-0.15, -0.1) is 0 Å². The van der Waals surface area contributed by atoms with Crippen LogP contribution in [0.4, 0.5) is 4.39 Å². The number of aryl methyl sites for hydroxylation is 1. The van der Waals surface area contributed by atoms with E-state index in [-0.39, 0.29) is 11.9 Å². The van der Waals surface area contributed by atoms with Crippen molar-refractivity contribution in [3.8, 4) is 0 Å². The summed E-state index contributed by atoms with van der Waals surface area (Å²) in [4.78, 5) is 10.7. The zero-order valence-corrected chi connectivity index (χ0v) is 8.38. The molecule has 1 aromatic rings. The topological polar surface area (TPSA) is 43.1 Å². The molecular formula is C11H14FNO. The van der Waals surface area contributed by atoms with Crippen molar-refractivity contribution in [3.05, 3.63) is 34.6 Å². The maximum atomic E-state index is 13.2. The first-order valence-electron chi connectivity index (χ1n) is 4.54. The third-order valence-corrected chi connectivity index (χ3v) is 2.09. The Kier molecular flexibility index (Phi) is 3.36. The van der Waals surface area contributed by atoms with Crippen LogP contribution in [0.15, 0.2) is 12.1 Å².